The number of benzene rings is 2. The van der Waals surface area contributed by atoms with Crippen LogP contribution in [0.5, 0.6) is 23.0 Å². The number of carbonyl (C=O) groups excluding carboxylic acids is 1. The lowest BCUT2D eigenvalue weighted by molar-refractivity contribution is -0.385. The molecule has 0 spiro atoms. The fourth-order valence-corrected chi connectivity index (χ4v) is 2.79. The monoisotopic (exact) mass is 371 g/mol. The van der Waals surface area contributed by atoms with Crippen LogP contribution in [-0.4, -0.2) is 38.6 Å². The number of hydrogen-bond acceptors (Lipinski definition) is 7. The Labute approximate surface area is 155 Å². The summed E-state index contributed by atoms with van der Waals surface area (Å²) in [5.74, 6) is 1.23. The van der Waals surface area contributed by atoms with E-state index in [1.807, 2.05) is 0 Å². The van der Waals surface area contributed by atoms with Gasteiger partial charge in [0.25, 0.3) is 5.69 Å². The molecule has 140 valence electrons. The second kappa shape index (κ2) is 7.36. The standard InChI is InChI=1S/C19H17NO7/c1-24-13-4-5-16-14(8-13)19(21)12(10-27-16)6-11-7-17(25-2)18(26-3)9-15(11)20(22)23/h4-9H,10H2,1-3H3/b12-6-. The van der Waals surface area contributed by atoms with Crippen molar-refractivity contribution in [2.75, 3.05) is 27.9 Å². The Morgan fingerprint density at radius 2 is 1.78 bits per heavy atom. The Morgan fingerprint density at radius 1 is 1.07 bits per heavy atom. The van der Waals surface area contributed by atoms with Crippen molar-refractivity contribution in [2.24, 2.45) is 0 Å². The highest BCUT2D eigenvalue weighted by Gasteiger charge is 2.26. The van der Waals surface area contributed by atoms with Crippen molar-refractivity contribution in [3.8, 4) is 23.0 Å². The van der Waals surface area contributed by atoms with Gasteiger partial charge in [-0.3, -0.25) is 14.9 Å². The van der Waals surface area contributed by atoms with Crippen LogP contribution < -0.4 is 18.9 Å². The Bertz CT molecular complexity index is 949. The third-order valence-corrected chi connectivity index (χ3v) is 4.17. The predicted molar refractivity (Wildman–Crippen MR) is 97.0 cm³/mol. The minimum atomic E-state index is -0.542. The first-order valence-electron chi connectivity index (χ1n) is 7.95. The van der Waals surface area contributed by atoms with Gasteiger partial charge in [0, 0.05) is 5.57 Å². The smallest absolute Gasteiger partial charge is 0.280 e. The Kier molecular flexibility index (Phi) is 4.98. The largest absolute Gasteiger partial charge is 0.497 e. The Balaban J connectivity index is 2.08. The van der Waals surface area contributed by atoms with Crippen molar-refractivity contribution in [1.29, 1.82) is 0 Å². The molecule has 0 N–H and O–H groups in total. The summed E-state index contributed by atoms with van der Waals surface area (Å²) in [7, 11) is 4.32. The molecule has 0 unspecified atom stereocenters. The number of ketones is 1. The van der Waals surface area contributed by atoms with Crippen molar-refractivity contribution in [2.45, 2.75) is 0 Å². The molecule has 2 aromatic rings. The normalized spacial score (nSPS) is 14.3. The van der Waals surface area contributed by atoms with Gasteiger partial charge in [-0.25, -0.2) is 0 Å². The number of carbonyl (C=O) groups is 1. The van der Waals surface area contributed by atoms with Gasteiger partial charge >= 0.3 is 0 Å². The summed E-state index contributed by atoms with van der Waals surface area (Å²) in [6, 6.07) is 7.64. The van der Waals surface area contributed by atoms with Crippen LogP contribution in [0.4, 0.5) is 5.69 Å². The molecule has 0 aliphatic carbocycles. The topological polar surface area (TPSA) is 97.1 Å². The summed E-state index contributed by atoms with van der Waals surface area (Å²) in [5.41, 5.74) is 0.640. The van der Waals surface area contributed by atoms with Gasteiger partial charge in [0.15, 0.2) is 17.3 Å². The number of ether oxygens (including phenoxy) is 4. The number of Topliss-reactive ketones (excluding diaryl/α,β-unsaturated/α-hetero) is 1. The molecule has 1 aliphatic rings. The zero-order valence-electron chi connectivity index (χ0n) is 15.0. The minimum absolute atomic E-state index is 0.00363. The number of nitrogens with zero attached hydrogens (tertiary/aromatic N) is 1. The molecule has 3 rings (SSSR count). The SMILES string of the molecule is COc1ccc2c(c1)C(=O)/C(=C\c1cc(OC)c(OC)cc1[N+](=O)[O-])CO2. The zero-order chi connectivity index (χ0) is 19.6. The molecule has 0 saturated heterocycles. The fraction of sp³-hybridized carbons (Fsp3) is 0.211. The Morgan fingerprint density at radius 3 is 2.41 bits per heavy atom. The molecule has 0 radical (unpaired) electrons. The van der Waals surface area contributed by atoms with Crippen LogP contribution >= 0.6 is 0 Å². The first-order chi connectivity index (χ1) is 13.0. The molecule has 0 saturated carbocycles. The van der Waals surface area contributed by atoms with Gasteiger partial charge in [0.1, 0.15) is 18.1 Å². The van der Waals surface area contributed by atoms with Gasteiger partial charge in [0.2, 0.25) is 0 Å². The van der Waals surface area contributed by atoms with Gasteiger partial charge in [-0.2, -0.15) is 0 Å². The molecule has 1 aliphatic heterocycles. The maximum Gasteiger partial charge on any atom is 0.280 e. The van der Waals surface area contributed by atoms with Crippen molar-refractivity contribution >= 4 is 17.5 Å². The van der Waals surface area contributed by atoms with Gasteiger partial charge in [-0.05, 0) is 30.3 Å². The predicted octanol–water partition coefficient (Wildman–Crippen LogP) is 3.28. The minimum Gasteiger partial charge on any atom is -0.497 e. The molecule has 1 heterocycles. The van der Waals surface area contributed by atoms with Crippen molar-refractivity contribution < 1.29 is 28.7 Å². The molecule has 27 heavy (non-hydrogen) atoms. The van der Waals surface area contributed by atoms with E-state index in [9.17, 15) is 14.9 Å². The highest BCUT2D eigenvalue weighted by atomic mass is 16.6. The van der Waals surface area contributed by atoms with Crippen LogP contribution in [0, 0.1) is 10.1 Å². The highest BCUT2D eigenvalue weighted by molar-refractivity contribution is 6.14. The van der Waals surface area contributed by atoms with E-state index >= 15 is 0 Å². The van der Waals surface area contributed by atoms with Gasteiger partial charge in [-0.15, -0.1) is 0 Å². The van der Waals surface area contributed by atoms with Crippen LogP contribution in [0.15, 0.2) is 35.9 Å². The highest BCUT2D eigenvalue weighted by Crippen LogP contribution is 2.37. The molecule has 0 fully saturated rings. The summed E-state index contributed by atoms with van der Waals surface area (Å²) < 4.78 is 21.1. The second-order valence-electron chi connectivity index (χ2n) is 5.67. The number of nitro groups is 1. The first-order valence-corrected chi connectivity index (χ1v) is 7.95. The lowest BCUT2D eigenvalue weighted by Crippen LogP contribution is -2.19. The average Bonchev–Trinajstić information content (AvgIpc) is 2.69. The number of methoxy groups -OCH3 is 3. The van der Waals surface area contributed by atoms with Crippen LogP contribution in [0.3, 0.4) is 0 Å². The summed E-state index contributed by atoms with van der Waals surface area (Å²) in [4.78, 5) is 23.7. The fourth-order valence-electron chi connectivity index (χ4n) is 2.79. The Hall–Kier alpha value is -3.55. The van der Waals surface area contributed by atoms with E-state index in [-0.39, 0.29) is 35.0 Å². The van der Waals surface area contributed by atoms with Crippen LogP contribution in [-0.2, 0) is 0 Å². The first kappa shape index (κ1) is 18.2. The van der Waals surface area contributed by atoms with E-state index in [0.717, 1.165) is 0 Å². The van der Waals surface area contributed by atoms with Crippen molar-refractivity contribution in [3.05, 3.63) is 57.1 Å². The maximum atomic E-state index is 12.8. The third kappa shape index (κ3) is 3.41. The number of fused-ring (bicyclic) bond motifs is 1. The summed E-state index contributed by atoms with van der Waals surface area (Å²) in [5, 5.41) is 11.4. The molecular formula is C19H17NO7. The van der Waals surface area contributed by atoms with Crippen LogP contribution in [0.2, 0.25) is 0 Å². The van der Waals surface area contributed by atoms with E-state index in [1.54, 1.807) is 18.2 Å². The molecule has 0 aromatic heterocycles. The van der Waals surface area contributed by atoms with Gasteiger partial charge in [-0.1, -0.05) is 0 Å². The molecule has 8 heteroatoms. The van der Waals surface area contributed by atoms with E-state index in [0.29, 0.717) is 22.8 Å². The molecule has 0 atom stereocenters. The van der Waals surface area contributed by atoms with Crippen molar-refractivity contribution in [1.82, 2.24) is 0 Å². The van der Waals surface area contributed by atoms with E-state index in [1.165, 1.54) is 39.5 Å². The molecule has 2 aromatic carbocycles. The molecular weight excluding hydrogens is 354 g/mol. The lowest BCUT2D eigenvalue weighted by atomic mass is 9.97. The van der Waals surface area contributed by atoms with Crippen LogP contribution in [0.25, 0.3) is 6.08 Å². The average molecular weight is 371 g/mol. The summed E-state index contributed by atoms with van der Waals surface area (Å²) >= 11 is 0. The van der Waals surface area contributed by atoms with Gasteiger partial charge < -0.3 is 18.9 Å². The molecule has 0 amide bonds. The number of hydrogen-bond donors (Lipinski definition) is 0. The van der Waals surface area contributed by atoms with Crippen molar-refractivity contribution in [3.63, 3.8) is 0 Å². The number of rotatable bonds is 5. The zero-order valence-corrected chi connectivity index (χ0v) is 15.0. The lowest BCUT2D eigenvalue weighted by Gasteiger charge is -2.19. The molecule has 0 bridgehead atoms. The molecule has 8 nitrogen and oxygen atoms in total. The third-order valence-electron chi connectivity index (χ3n) is 4.17. The van der Waals surface area contributed by atoms with Crippen LogP contribution in [0.1, 0.15) is 15.9 Å². The quantitative estimate of drug-likeness (QED) is 0.452. The second-order valence-corrected chi connectivity index (χ2v) is 5.67. The summed E-state index contributed by atoms with van der Waals surface area (Å²) in [6.07, 6.45) is 1.44. The van der Waals surface area contributed by atoms with E-state index in [4.69, 9.17) is 18.9 Å². The number of nitro benzene ring substituents is 1. The van der Waals surface area contributed by atoms with Gasteiger partial charge in [0.05, 0.1) is 43.4 Å². The summed E-state index contributed by atoms with van der Waals surface area (Å²) in [6.45, 7) is 0.00363. The maximum absolute atomic E-state index is 12.8. The van der Waals surface area contributed by atoms with E-state index < -0.39 is 4.92 Å². The van der Waals surface area contributed by atoms with E-state index in [2.05, 4.69) is 0 Å².